The third kappa shape index (κ3) is 2.13. The fourth-order valence-corrected chi connectivity index (χ4v) is 1.80. The number of methoxy groups -OCH3 is 1. The van der Waals surface area contributed by atoms with Gasteiger partial charge < -0.3 is 10.1 Å². The molecule has 2 aromatic rings. The van der Waals surface area contributed by atoms with E-state index in [2.05, 4.69) is 20.3 Å². The molecule has 0 aliphatic heterocycles. The zero-order valence-corrected chi connectivity index (χ0v) is 10.5. The fraction of sp³-hybridized carbons (Fsp3) is 0.417. The average molecular weight is 232 g/mol. The summed E-state index contributed by atoms with van der Waals surface area (Å²) in [5.74, 6) is 2.08. The monoisotopic (exact) mass is 232 g/mol. The van der Waals surface area contributed by atoms with Gasteiger partial charge in [-0.3, -0.25) is 0 Å². The van der Waals surface area contributed by atoms with Crippen LogP contribution in [0, 0.1) is 13.8 Å². The van der Waals surface area contributed by atoms with Gasteiger partial charge in [0.15, 0.2) is 0 Å². The van der Waals surface area contributed by atoms with Gasteiger partial charge in [0, 0.05) is 12.2 Å². The highest BCUT2D eigenvalue weighted by Gasteiger charge is 2.12. The van der Waals surface area contributed by atoms with E-state index in [0.29, 0.717) is 5.88 Å². The second-order valence-corrected chi connectivity index (χ2v) is 3.82. The van der Waals surface area contributed by atoms with E-state index in [4.69, 9.17) is 4.74 Å². The molecule has 5 heteroatoms. The van der Waals surface area contributed by atoms with E-state index >= 15 is 0 Å². The minimum absolute atomic E-state index is 0.566. The normalized spacial score (nSPS) is 10.6. The van der Waals surface area contributed by atoms with E-state index in [0.717, 1.165) is 34.8 Å². The Kier molecular flexibility index (Phi) is 3.08. The number of rotatable bonds is 3. The predicted molar refractivity (Wildman–Crippen MR) is 67.5 cm³/mol. The van der Waals surface area contributed by atoms with Crippen LogP contribution in [0.3, 0.4) is 0 Å². The van der Waals surface area contributed by atoms with Crippen LogP contribution in [-0.4, -0.2) is 28.6 Å². The molecule has 2 aromatic heterocycles. The van der Waals surface area contributed by atoms with E-state index in [1.54, 1.807) is 7.11 Å². The zero-order valence-electron chi connectivity index (χ0n) is 10.5. The van der Waals surface area contributed by atoms with Gasteiger partial charge in [0.1, 0.15) is 17.0 Å². The summed E-state index contributed by atoms with van der Waals surface area (Å²) in [5, 5.41) is 4.05. The van der Waals surface area contributed by atoms with Crippen LogP contribution >= 0.6 is 0 Å². The fourth-order valence-electron chi connectivity index (χ4n) is 1.80. The van der Waals surface area contributed by atoms with Gasteiger partial charge >= 0.3 is 0 Å². The third-order valence-electron chi connectivity index (χ3n) is 2.42. The lowest BCUT2D eigenvalue weighted by atomic mass is 10.2. The first-order valence-corrected chi connectivity index (χ1v) is 5.59. The van der Waals surface area contributed by atoms with Crippen LogP contribution in [0.4, 0.5) is 5.82 Å². The van der Waals surface area contributed by atoms with Crippen molar-refractivity contribution in [3.8, 4) is 5.88 Å². The second kappa shape index (κ2) is 4.53. The Balaban J connectivity index is 2.79. The molecule has 0 saturated heterocycles. The van der Waals surface area contributed by atoms with Crippen LogP contribution in [0.5, 0.6) is 5.88 Å². The Morgan fingerprint density at radius 3 is 2.65 bits per heavy atom. The van der Waals surface area contributed by atoms with Crippen molar-refractivity contribution in [2.75, 3.05) is 19.0 Å². The van der Waals surface area contributed by atoms with Crippen molar-refractivity contribution in [3.05, 3.63) is 17.6 Å². The quantitative estimate of drug-likeness (QED) is 0.878. The van der Waals surface area contributed by atoms with Crippen LogP contribution in [0.15, 0.2) is 6.07 Å². The number of nitrogens with zero attached hydrogens (tertiary/aromatic N) is 3. The maximum Gasteiger partial charge on any atom is 0.226 e. The van der Waals surface area contributed by atoms with Gasteiger partial charge in [0.25, 0.3) is 0 Å². The van der Waals surface area contributed by atoms with E-state index in [-0.39, 0.29) is 0 Å². The molecule has 0 spiro atoms. The third-order valence-corrected chi connectivity index (χ3v) is 2.42. The molecule has 0 fully saturated rings. The summed E-state index contributed by atoms with van der Waals surface area (Å²) in [6.07, 6.45) is 0. The van der Waals surface area contributed by atoms with Gasteiger partial charge in [0.05, 0.1) is 12.6 Å². The van der Waals surface area contributed by atoms with Crippen molar-refractivity contribution < 1.29 is 4.74 Å². The molecule has 2 heterocycles. The molecule has 5 nitrogen and oxygen atoms in total. The molecular weight excluding hydrogens is 216 g/mol. The molecule has 0 aliphatic rings. The molecule has 0 aliphatic carbocycles. The van der Waals surface area contributed by atoms with Crippen LogP contribution in [0.25, 0.3) is 10.9 Å². The molecule has 1 N–H and O–H groups in total. The molecule has 17 heavy (non-hydrogen) atoms. The van der Waals surface area contributed by atoms with Crippen molar-refractivity contribution >= 4 is 16.7 Å². The van der Waals surface area contributed by atoms with E-state index < -0.39 is 0 Å². The lowest BCUT2D eigenvalue weighted by Crippen LogP contribution is -2.05. The summed E-state index contributed by atoms with van der Waals surface area (Å²) in [7, 11) is 1.61. The summed E-state index contributed by atoms with van der Waals surface area (Å²) in [6.45, 7) is 6.62. The second-order valence-electron chi connectivity index (χ2n) is 3.82. The molecular formula is C12H16N4O. The van der Waals surface area contributed by atoms with Crippen LogP contribution in [0.1, 0.15) is 18.4 Å². The number of ether oxygens (including phenoxy) is 1. The van der Waals surface area contributed by atoms with Crippen LogP contribution < -0.4 is 10.1 Å². The molecule has 0 aromatic carbocycles. The first-order valence-electron chi connectivity index (χ1n) is 5.59. The lowest BCUT2D eigenvalue weighted by Gasteiger charge is -2.11. The van der Waals surface area contributed by atoms with Gasteiger partial charge in [-0.2, -0.15) is 0 Å². The minimum atomic E-state index is 0.566. The number of aryl methyl sites for hydroxylation is 2. The summed E-state index contributed by atoms with van der Waals surface area (Å²) < 4.78 is 5.30. The SMILES string of the molecule is CCNc1nc(C)nc2cc(C)nc(OC)c12. The zero-order chi connectivity index (χ0) is 12.4. The molecule has 0 unspecified atom stereocenters. The topological polar surface area (TPSA) is 59.9 Å². The van der Waals surface area contributed by atoms with Gasteiger partial charge in [-0.1, -0.05) is 0 Å². The maximum absolute atomic E-state index is 5.30. The Morgan fingerprint density at radius 1 is 1.24 bits per heavy atom. The van der Waals surface area contributed by atoms with Gasteiger partial charge in [0.2, 0.25) is 5.88 Å². The summed E-state index contributed by atoms with van der Waals surface area (Å²) >= 11 is 0. The highest BCUT2D eigenvalue weighted by Crippen LogP contribution is 2.28. The molecule has 90 valence electrons. The molecule has 0 radical (unpaired) electrons. The number of pyridine rings is 1. The molecule has 0 atom stereocenters. The molecule has 2 rings (SSSR count). The van der Waals surface area contributed by atoms with Gasteiger partial charge in [-0.15, -0.1) is 0 Å². The number of hydrogen-bond acceptors (Lipinski definition) is 5. The van der Waals surface area contributed by atoms with Crippen LogP contribution in [-0.2, 0) is 0 Å². The van der Waals surface area contributed by atoms with E-state index in [1.807, 2.05) is 26.8 Å². The van der Waals surface area contributed by atoms with Gasteiger partial charge in [-0.05, 0) is 26.8 Å². The number of anilines is 1. The Morgan fingerprint density at radius 2 is 2.00 bits per heavy atom. The van der Waals surface area contributed by atoms with E-state index in [9.17, 15) is 0 Å². The largest absolute Gasteiger partial charge is 0.480 e. The van der Waals surface area contributed by atoms with Crippen molar-refractivity contribution in [1.29, 1.82) is 0 Å². The number of hydrogen-bond donors (Lipinski definition) is 1. The smallest absolute Gasteiger partial charge is 0.226 e. The van der Waals surface area contributed by atoms with Crippen molar-refractivity contribution in [2.24, 2.45) is 0 Å². The molecule has 0 bridgehead atoms. The molecule has 0 amide bonds. The Bertz CT molecular complexity index is 548. The summed E-state index contributed by atoms with van der Waals surface area (Å²) in [6, 6.07) is 1.94. The Labute approximate surface area is 100 Å². The summed E-state index contributed by atoms with van der Waals surface area (Å²) in [5.41, 5.74) is 1.74. The number of nitrogens with one attached hydrogen (secondary N) is 1. The standard InChI is InChI=1S/C12H16N4O/c1-5-13-11-10-9(15-8(3)16-11)6-7(2)14-12(10)17-4/h6H,5H2,1-4H3,(H,13,15,16). The van der Waals surface area contributed by atoms with E-state index in [1.165, 1.54) is 0 Å². The van der Waals surface area contributed by atoms with Crippen molar-refractivity contribution in [3.63, 3.8) is 0 Å². The number of fused-ring (bicyclic) bond motifs is 1. The van der Waals surface area contributed by atoms with Gasteiger partial charge in [-0.25, -0.2) is 15.0 Å². The first kappa shape index (κ1) is 11.6. The molecule has 0 saturated carbocycles. The lowest BCUT2D eigenvalue weighted by molar-refractivity contribution is 0.402. The Hall–Kier alpha value is -1.91. The first-order chi connectivity index (χ1) is 8.15. The van der Waals surface area contributed by atoms with Crippen molar-refractivity contribution in [2.45, 2.75) is 20.8 Å². The van der Waals surface area contributed by atoms with Crippen molar-refractivity contribution in [1.82, 2.24) is 15.0 Å². The highest BCUT2D eigenvalue weighted by molar-refractivity contribution is 5.93. The highest BCUT2D eigenvalue weighted by atomic mass is 16.5. The number of aromatic nitrogens is 3. The minimum Gasteiger partial charge on any atom is -0.480 e. The predicted octanol–water partition coefficient (Wildman–Crippen LogP) is 2.08. The summed E-state index contributed by atoms with van der Waals surface area (Å²) in [4.78, 5) is 13.2. The maximum atomic E-state index is 5.30. The van der Waals surface area contributed by atoms with Crippen LogP contribution in [0.2, 0.25) is 0 Å². The average Bonchev–Trinajstić information content (AvgIpc) is 2.27.